The van der Waals surface area contributed by atoms with Crippen LogP contribution in [0.5, 0.6) is 0 Å². The van der Waals surface area contributed by atoms with Crippen molar-refractivity contribution in [3.8, 4) is 0 Å². The van der Waals surface area contributed by atoms with E-state index in [1.54, 1.807) is 31.2 Å². The predicted molar refractivity (Wildman–Crippen MR) is 93.6 cm³/mol. The van der Waals surface area contributed by atoms with Crippen molar-refractivity contribution in [1.29, 1.82) is 0 Å². The Morgan fingerprint density at radius 3 is 2.75 bits per heavy atom. The second-order valence-corrected chi connectivity index (χ2v) is 6.27. The summed E-state index contributed by atoms with van der Waals surface area (Å²) in [5.74, 6) is -1.85. The third-order valence-electron chi connectivity index (χ3n) is 4.14. The molecule has 24 heavy (non-hydrogen) atoms. The molecular formula is C17H14Cl2N2O3. The number of aromatic nitrogens is 1. The molecule has 2 atom stereocenters. The molecule has 3 rings (SSSR count). The van der Waals surface area contributed by atoms with Crippen molar-refractivity contribution >= 4 is 40.6 Å². The summed E-state index contributed by atoms with van der Waals surface area (Å²) in [7, 11) is 1.30. The van der Waals surface area contributed by atoms with E-state index in [-0.39, 0.29) is 5.56 Å². The van der Waals surface area contributed by atoms with E-state index in [1.165, 1.54) is 13.3 Å². The van der Waals surface area contributed by atoms with Crippen molar-refractivity contribution in [1.82, 2.24) is 4.98 Å². The molecule has 0 saturated carbocycles. The van der Waals surface area contributed by atoms with E-state index in [0.717, 1.165) is 0 Å². The number of methoxy groups -OCH3 is 1. The number of nitrogens with zero attached hydrogens (tertiary/aromatic N) is 1. The highest BCUT2D eigenvalue weighted by atomic mass is 35.5. The molecule has 1 N–H and O–H groups in total. The molecule has 124 valence electrons. The number of halogens is 2. The van der Waals surface area contributed by atoms with E-state index in [0.29, 0.717) is 32.6 Å². The summed E-state index contributed by atoms with van der Waals surface area (Å²) in [4.78, 5) is 31.9. The highest BCUT2D eigenvalue weighted by Crippen LogP contribution is 2.44. The van der Waals surface area contributed by atoms with Crippen molar-refractivity contribution in [2.45, 2.75) is 12.8 Å². The largest absolute Gasteiger partial charge is 0.468 e. The van der Waals surface area contributed by atoms with Crippen LogP contribution in [0.15, 0.2) is 40.2 Å². The Hall–Kier alpha value is -2.11. The molecule has 0 aliphatic carbocycles. The minimum Gasteiger partial charge on any atom is -0.468 e. The first-order valence-corrected chi connectivity index (χ1v) is 7.99. The molecule has 0 saturated heterocycles. The number of benzene rings is 1. The molecule has 1 aliphatic heterocycles. The number of ether oxygens (including phenoxy) is 1. The van der Waals surface area contributed by atoms with Gasteiger partial charge >= 0.3 is 5.97 Å². The maximum atomic E-state index is 12.5. The normalized spacial score (nSPS) is 19.4. The van der Waals surface area contributed by atoms with Crippen LogP contribution in [0.3, 0.4) is 0 Å². The minimum atomic E-state index is -0.748. The number of hydrogen-bond donors (Lipinski definition) is 1. The second-order valence-electron chi connectivity index (χ2n) is 5.48. The van der Waals surface area contributed by atoms with Crippen molar-refractivity contribution in [2.75, 3.05) is 7.11 Å². The van der Waals surface area contributed by atoms with Gasteiger partial charge < -0.3 is 9.72 Å². The van der Waals surface area contributed by atoms with E-state index >= 15 is 0 Å². The van der Waals surface area contributed by atoms with Crippen LogP contribution in [0, 0.1) is 5.92 Å². The molecular weight excluding hydrogens is 351 g/mol. The van der Waals surface area contributed by atoms with Crippen molar-refractivity contribution < 1.29 is 9.53 Å². The molecule has 0 fully saturated rings. The van der Waals surface area contributed by atoms with Crippen LogP contribution in [0.1, 0.15) is 24.0 Å². The van der Waals surface area contributed by atoms with E-state index in [9.17, 15) is 9.59 Å². The Morgan fingerprint density at radius 1 is 1.29 bits per heavy atom. The Bertz CT molecular complexity index is 905. The van der Waals surface area contributed by atoms with Gasteiger partial charge in [0, 0.05) is 17.8 Å². The molecule has 5 nitrogen and oxygen atoms in total. The van der Waals surface area contributed by atoms with Gasteiger partial charge in [0.15, 0.2) is 0 Å². The standard InChI is InChI=1S/C17H14Cl2N2O3/c1-8-12(17(23)24-2)13(9-4-3-5-10(18)15(9)19)14-11(21-8)6-7-20-16(14)22/h3-7,12-13H,1-2H3,(H,20,22). The van der Waals surface area contributed by atoms with Crippen LogP contribution in [0.25, 0.3) is 0 Å². The number of rotatable bonds is 2. The summed E-state index contributed by atoms with van der Waals surface area (Å²) in [6, 6.07) is 6.83. The number of carbonyl (C=O) groups is 1. The Balaban J connectivity index is 2.34. The first-order valence-electron chi connectivity index (χ1n) is 7.24. The first kappa shape index (κ1) is 16.7. The molecule has 1 aromatic heterocycles. The third-order valence-corrected chi connectivity index (χ3v) is 4.97. The highest BCUT2D eigenvalue weighted by Gasteiger charge is 2.41. The van der Waals surface area contributed by atoms with Crippen LogP contribution in [0.2, 0.25) is 10.0 Å². The quantitative estimate of drug-likeness (QED) is 0.825. The second kappa shape index (κ2) is 6.42. The van der Waals surface area contributed by atoms with Gasteiger partial charge in [-0.05, 0) is 24.6 Å². The van der Waals surface area contributed by atoms with Gasteiger partial charge in [0.05, 0.1) is 28.4 Å². The van der Waals surface area contributed by atoms with Crippen molar-refractivity contribution in [3.05, 3.63) is 62.0 Å². The SMILES string of the molecule is COC(=O)C1C(C)=Nc2cc[nH]c(=O)c2C1c1cccc(Cl)c1Cl. The zero-order valence-corrected chi connectivity index (χ0v) is 14.5. The molecule has 0 spiro atoms. The first-order chi connectivity index (χ1) is 11.5. The van der Waals surface area contributed by atoms with Crippen LogP contribution < -0.4 is 5.56 Å². The maximum Gasteiger partial charge on any atom is 0.315 e. The summed E-state index contributed by atoms with van der Waals surface area (Å²) < 4.78 is 4.93. The molecule has 0 amide bonds. The number of pyridine rings is 1. The zero-order chi connectivity index (χ0) is 17.4. The summed E-state index contributed by atoms with van der Waals surface area (Å²) in [5.41, 5.74) is 1.71. The summed E-state index contributed by atoms with van der Waals surface area (Å²) in [5, 5.41) is 0.661. The van der Waals surface area contributed by atoms with Gasteiger partial charge in [-0.15, -0.1) is 0 Å². The van der Waals surface area contributed by atoms with Gasteiger partial charge in [-0.3, -0.25) is 14.6 Å². The Morgan fingerprint density at radius 2 is 2.04 bits per heavy atom. The number of aliphatic imine (C=N–C) groups is 1. The van der Waals surface area contributed by atoms with Crippen molar-refractivity contribution in [2.24, 2.45) is 10.9 Å². The van der Waals surface area contributed by atoms with Gasteiger partial charge in [0.25, 0.3) is 5.56 Å². The molecule has 7 heteroatoms. The van der Waals surface area contributed by atoms with Crippen LogP contribution in [0.4, 0.5) is 5.69 Å². The van der Waals surface area contributed by atoms with Gasteiger partial charge in [0.1, 0.15) is 5.92 Å². The molecule has 1 aromatic carbocycles. The fourth-order valence-electron chi connectivity index (χ4n) is 3.07. The number of carbonyl (C=O) groups excluding carboxylic acids is 1. The number of fused-ring (bicyclic) bond motifs is 1. The predicted octanol–water partition coefficient (Wildman–Crippen LogP) is 3.71. The monoisotopic (exact) mass is 364 g/mol. The smallest absolute Gasteiger partial charge is 0.315 e. The molecule has 0 bridgehead atoms. The Kier molecular flexibility index (Phi) is 4.47. The lowest BCUT2D eigenvalue weighted by molar-refractivity contribution is -0.143. The lowest BCUT2D eigenvalue weighted by Gasteiger charge is -2.30. The molecule has 2 unspecified atom stereocenters. The number of aromatic amines is 1. The van der Waals surface area contributed by atoms with E-state index < -0.39 is 17.8 Å². The summed E-state index contributed by atoms with van der Waals surface area (Å²) >= 11 is 12.5. The molecule has 2 heterocycles. The van der Waals surface area contributed by atoms with E-state index in [4.69, 9.17) is 27.9 Å². The van der Waals surface area contributed by atoms with Crippen LogP contribution in [-0.4, -0.2) is 23.8 Å². The van der Waals surface area contributed by atoms with E-state index in [1.807, 2.05) is 0 Å². The third kappa shape index (κ3) is 2.64. The van der Waals surface area contributed by atoms with Gasteiger partial charge in [-0.2, -0.15) is 0 Å². The fourth-order valence-corrected chi connectivity index (χ4v) is 3.50. The molecule has 1 aliphatic rings. The number of H-pyrrole nitrogens is 1. The molecule has 2 aromatic rings. The van der Waals surface area contributed by atoms with Crippen LogP contribution in [-0.2, 0) is 9.53 Å². The topological polar surface area (TPSA) is 71.5 Å². The summed E-state index contributed by atoms with van der Waals surface area (Å²) in [6.07, 6.45) is 1.52. The van der Waals surface area contributed by atoms with E-state index in [2.05, 4.69) is 9.98 Å². The average molecular weight is 365 g/mol. The van der Waals surface area contributed by atoms with Gasteiger partial charge in [-0.1, -0.05) is 35.3 Å². The fraction of sp³-hybridized carbons (Fsp3) is 0.235. The zero-order valence-electron chi connectivity index (χ0n) is 13.0. The Labute approximate surface area is 148 Å². The maximum absolute atomic E-state index is 12.5. The summed E-state index contributed by atoms with van der Waals surface area (Å²) in [6.45, 7) is 1.73. The molecule has 0 radical (unpaired) electrons. The number of hydrogen-bond acceptors (Lipinski definition) is 4. The number of esters is 1. The lowest BCUT2D eigenvalue weighted by atomic mass is 9.76. The van der Waals surface area contributed by atoms with Crippen molar-refractivity contribution in [3.63, 3.8) is 0 Å². The van der Waals surface area contributed by atoms with Gasteiger partial charge in [-0.25, -0.2) is 0 Å². The highest BCUT2D eigenvalue weighted by molar-refractivity contribution is 6.42. The minimum absolute atomic E-state index is 0.307. The van der Waals surface area contributed by atoms with Crippen LogP contribution >= 0.6 is 23.2 Å². The average Bonchev–Trinajstić information content (AvgIpc) is 2.56. The lowest BCUT2D eigenvalue weighted by Crippen LogP contribution is -2.36. The number of nitrogens with one attached hydrogen (secondary N) is 1. The van der Waals surface area contributed by atoms with Gasteiger partial charge in [0.2, 0.25) is 0 Å².